The molecule has 2 heterocycles. The van der Waals surface area contributed by atoms with Gasteiger partial charge in [-0.2, -0.15) is 0 Å². The van der Waals surface area contributed by atoms with Crippen molar-refractivity contribution < 1.29 is 4.79 Å². The van der Waals surface area contributed by atoms with Gasteiger partial charge in [0.25, 0.3) is 5.91 Å². The first-order valence-corrected chi connectivity index (χ1v) is 10.0. The van der Waals surface area contributed by atoms with Gasteiger partial charge < -0.3 is 0 Å². The van der Waals surface area contributed by atoms with E-state index in [4.69, 9.17) is 12.2 Å². The Kier molecular flexibility index (Phi) is 4.19. The summed E-state index contributed by atoms with van der Waals surface area (Å²) in [5.74, 6) is -0.111. The van der Waals surface area contributed by atoms with Gasteiger partial charge in [0.1, 0.15) is 0 Å². The number of pyridine rings is 1. The SMILES string of the molecule is O=C1/C(=C\c2c3ccccc3cc3ccccc23)SC(=S)N1c1cccnc1. The predicted octanol–water partition coefficient (Wildman–Crippen LogP) is 5.79. The van der Waals surface area contributed by atoms with Crippen LogP contribution in [0.5, 0.6) is 0 Å². The zero-order chi connectivity index (χ0) is 19.1. The van der Waals surface area contributed by atoms with E-state index in [0.717, 1.165) is 27.1 Å². The van der Waals surface area contributed by atoms with Crippen molar-refractivity contribution in [1.29, 1.82) is 0 Å². The molecule has 1 amide bonds. The van der Waals surface area contributed by atoms with Crippen molar-refractivity contribution in [1.82, 2.24) is 4.98 Å². The van der Waals surface area contributed by atoms with E-state index in [0.29, 0.717) is 14.9 Å². The van der Waals surface area contributed by atoms with Gasteiger partial charge in [-0.25, -0.2) is 0 Å². The van der Waals surface area contributed by atoms with E-state index in [-0.39, 0.29) is 5.91 Å². The predicted molar refractivity (Wildman–Crippen MR) is 121 cm³/mol. The number of rotatable bonds is 2. The van der Waals surface area contributed by atoms with E-state index in [1.54, 1.807) is 23.4 Å². The summed E-state index contributed by atoms with van der Waals surface area (Å²) in [5.41, 5.74) is 1.73. The largest absolute Gasteiger partial charge is 0.270 e. The van der Waals surface area contributed by atoms with Crippen molar-refractivity contribution in [2.75, 3.05) is 4.90 Å². The maximum Gasteiger partial charge on any atom is 0.270 e. The van der Waals surface area contributed by atoms with E-state index in [2.05, 4.69) is 35.3 Å². The third-order valence-electron chi connectivity index (χ3n) is 4.79. The third kappa shape index (κ3) is 2.80. The van der Waals surface area contributed by atoms with Crippen molar-refractivity contribution in [3.8, 4) is 0 Å². The molecule has 134 valence electrons. The minimum atomic E-state index is -0.111. The Morgan fingerprint density at radius 3 is 2.25 bits per heavy atom. The van der Waals surface area contributed by atoms with Gasteiger partial charge in [-0.1, -0.05) is 72.5 Å². The molecule has 1 aliphatic heterocycles. The molecule has 0 saturated carbocycles. The molecule has 28 heavy (non-hydrogen) atoms. The van der Waals surface area contributed by atoms with E-state index in [9.17, 15) is 4.79 Å². The second-order valence-corrected chi connectivity index (χ2v) is 8.14. The van der Waals surface area contributed by atoms with Crippen molar-refractivity contribution in [3.05, 3.63) is 89.6 Å². The van der Waals surface area contributed by atoms with Gasteiger partial charge in [0, 0.05) is 6.20 Å². The highest BCUT2D eigenvalue weighted by molar-refractivity contribution is 8.27. The summed E-state index contributed by atoms with van der Waals surface area (Å²) in [4.78, 5) is 19.4. The first-order chi connectivity index (χ1) is 13.7. The fourth-order valence-electron chi connectivity index (χ4n) is 3.51. The van der Waals surface area contributed by atoms with Gasteiger partial charge in [0.2, 0.25) is 0 Å². The zero-order valence-electron chi connectivity index (χ0n) is 14.7. The van der Waals surface area contributed by atoms with Crippen LogP contribution >= 0.6 is 24.0 Å². The van der Waals surface area contributed by atoms with Crippen LogP contribution in [0.1, 0.15) is 5.56 Å². The van der Waals surface area contributed by atoms with Crippen LogP contribution < -0.4 is 4.90 Å². The number of nitrogens with zero attached hydrogens (tertiary/aromatic N) is 2. The highest BCUT2D eigenvalue weighted by atomic mass is 32.2. The topological polar surface area (TPSA) is 33.2 Å². The molecule has 0 aliphatic carbocycles. The lowest BCUT2D eigenvalue weighted by Crippen LogP contribution is -2.27. The summed E-state index contributed by atoms with van der Waals surface area (Å²) < 4.78 is 0.522. The number of benzene rings is 3. The lowest BCUT2D eigenvalue weighted by Gasteiger charge is -2.13. The molecule has 3 aromatic carbocycles. The molecule has 3 nitrogen and oxygen atoms in total. The molecule has 5 heteroatoms. The third-order valence-corrected chi connectivity index (χ3v) is 6.09. The molecule has 1 aliphatic rings. The summed E-state index contributed by atoms with van der Waals surface area (Å²) in [6.45, 7) is 0. The van der Waals surface area contributed by atoms with Crippen LogP contribution in [0.25, 0.3) is 27.6 Å². The van der Waals surface area contributed by atoms with Gasteiger partial charge in [-0.3, -0.25) is 14.7 Å². The van der Waals surface area contributed by atoms with Gasteiger partial charge in [0.15, 0.2) is 4.32 Å². The molecule has 1 saturated heterocycles. The number of carbonyl (C=O) groups excluding carboxylic acids is 1. The van der Waals surface area contributed by atoms with Crippen molar-refractivity contribution >= 4 is 67.5 Å². The van der Waals surface area contributed by atoms with Crippen LogP contribution in [0.15, 0.2) is 84.0 Å². The number of hydrogen-bond donors (Lipinski definition) is 0. The standard InChI is InChI=1S/C23H14N2OS2/c26-22-21(28-23(27)25(22)17-8-5-11-24-14-17)13-20-18-9-3-1-6-15(18)12-16-7-2-4-10-19(16)20/h1-14H/b21-13+. The van der Waals surface area contributed by atoms with E-state index >= 15 is 0 Å². The van der Waals surface area contributed by atoms with Gasteiger partial charge in [-0.15, -0.1) is 0 Å². The normalized spacial score (nSPS) is 15.9. The number of thioether (sulfide) groups is 1. The summed E-state index contributed by atoms with van der Waals surface area (Å²) in [5, 5.41) is 4.53. The molecule has 0 spiro atoms. The molecule has 0 unspecified atom stereocenters. The van der Waals surface area contributed by atoms with E-state index in [1.165, 1.54) is 11.8 Å². The Hall–Kier alpha value is -3.02. The lowest BCUT2D eigenvalue weighted by molar-refractivity contribution is -0.113. The van der Waals surface area contributed by atoms with Crippen molar-refractivity contribution in [2.24, 2.45) is 0 Å². The quantitative estimate of drug-likeness (QED) is 0.243. The second-order valence-electron chi connectivity index (χ2n) is 6.46. The van der Waals surface area contributed by atoms with Crippen LogP contribution in [0, 0.1) is 0 Å². The lowest BCUT2D eigenvalue weighted by atomic mass is 9.96. The van der Waals surface area contributed by atoms with Crippen LogP contribution in [0.2, 0.25) is 0 Å². The summed E-state index contributed by atoms with van der Waals surface area (Å²) >= 11 is 6.81. The number of anilines is 1. The number of aromatic nitrogens is 1. The molecule has 0 N–H and O–H groups in total. The molecule has 0 bridgehead atoms. The second kappa shape index (κ2) is 6.86. The molecule has 5 rings (SSSR count). The number of carbonyl (C=O) groups is 1. The Morgan fingerprint density at radius 1 is 0.929 bits per heavy atom. The zero-order valence-corrected chi connectivity index (χ0v) is 16.3. The van der Waals surface area contributed by atoms with Crippen LogP contribution in [-0.2, 0) is 4.79 Å². The first kappa shape index (κ1) is 17.1. The van der Waals surface area contributed by atoms with E-state index < -0.39 is 0 Å². The Bertz CT molecular complexity index is 1230. The molecule has 0 radical (unpaired) electrons. The smallest absolute Gasteiger partial charge is 0.268 e. The van der Waals surface area contributed by atoms with E-state index in [1.807, 2.05) is 36.4 Å². The Morgan fingerprint density at radius 2 is 1.61 bits per heavy atom. The average Bonchev–Trinajstić information content (AvgIpc) is 3.01. The van der Waals surface area contributed by atoms with Crippen LogP contribution in [0.4, 0.5) is 5.69 Å². The van der Waals surface area contributed by atoms with Gasteiger partial charge >= 0.3 is 0 Å². The summed E-state index contributed by atoms with van der Waals surface area (Å²) in [6, 6.07) is 22.3. The number of fused-ring (bicyclic) bond motifs is 2. The molecule has 4 aromatic rings. The molecular weight excluding hydrogens is 384 g/mol. The molecule has 1 fully saturated rings. The van der Waals surface area contributed by atoms with Gasteiger partial charge in [-0.05, 0) is 51.4 Å². The minimum absolute atomic E-state index is 0.111. The number of amides is 1. The average molecular weight is 399 g/mol. The minimum Gasteiger partial charge on any atom is -0.268 e. The maximum atomic E-state index is 13.1. The Labute approximate surface area is 171 Å². The molecular formula is C23H14N2OS2. The highest BCUT2D eigenvalue weighted by Gasteiger charge is 2.33. The molecule has 0 atom stereocenters. The van der Waals surface area contributed by atoms with Crippen molar-refractivity contribution in [3.63, 3.8) is 0 Å². The number of thiocarbonyl (C=S) groups is 1. The molecule has 1 aromatic heterocycles. The van der Waals surface area contributed by atoms with Gasteiger partial charge in [0.05, 0.1) is 16.8 Å². The highest BCUT2D eigenvalue weighted by Crippen LogP contribution is 2.38. The van der Waals surface area contributed by atoms with Crippen molar-refractivity contribution in [2.45, 2.75) is 0 Å². The van der Waals surface area contributed by atoms with Crippen LogP contribution in [0.3, 0.4) is 0 Å². The Balaban J connectivity index is 1.70. The maximum absolute atomic E-state index is 13.1. The van der Waals surface area contributed by atoms with Crippen LogP contribution in [-0.4, -0.2) is 15.2 Å². The summed E-state index contributed by atoms with van der Waals surface area (Å²) in [7, 11) is 0. The fourth-order valence-corrected chi connectivity index (χ4v) is 4.79. The fraction of sp³-hybridized carbons (Fsp3) is 0. The first-order valence-electron chi connectivity index (χ1n) is 8.81. The number of hydrogen-bond acceptors (Lipinski definition) is 4. The summed E-state index contributed by atoms with van der Waals surface area (Å²) in [6.07, 6.45) is 5.31. The monoisotopic (exact) mass is 398 g/mol.